The quantitative estimate of drug-likeness (QED) is 0.576. The molecule has 4 nitrogen and oxygen atoms in total. The average Bonchev–Trinajstić information content (AvgIpc) is 2.43. The number of unbranched alkanes of at least 4 members (excludes halogenated alkanes) is 3. The van der Waals surface area contributed by atoms with Gasteiger partial charge in [0.1, 0.15) is 0 Å². The molecular formula is C14H28N2O2. The maximum atomic E-state index is 12.3. The molecule has 1 heterocycles. The minimum Gasteiger partial charge on any atom is -0.396 e. The van der Waals surface area contributed by atoms with Crippen molar-refractivity contribution in [2.24, 2.45) is 5.41 Å². The Morgan fingerprint density at radius 3 is 2.50 bits per heavy atom. The van der Waals surface area contributed by atoms with E-state index in [-0.39, 0.29) is 17.9 Å². The molecule has 0 unspecified atom stereocenters. The average molecular weight is 256 g/mol. The first-order chi connectivity index (χ1) is 8.75. The number of hydrogen-bond acceptors (Lipinski definition) is 3. The van der Waals surface area contributed by atoms with Gasteiger partial charge >= 0.3 is 0 Å². The third-order valence-electron chi connectivity index (χ3n) is 4.09. The van der Waals surface area contributed by atoms with Crippen LogP contribution in [0.5, 0.6) is 0 Å². The number of rotatable bonds is 8. The molecule has 1 amide bonds. The summed E-state index contributed by atoms with van der Waals surface area (Å²) in [7, 11) is 0. The summed E-state index contributed by atoms with van der Waals surface area (Å²) in [5, 5.41) is 15.1. The van der Waals surface area contributed by atoms with Gasteiger partial charge in [0.05, 0.1) is 5.41 Å². The number of aliphatic hydroxyl groups is 1. The van der Waals surface area contributed by atoms with Crippen LogP contribution in [-0.4, -0.2) is 37.3 Å². The highest BCUT2D eigenvalue weighted by Gasteiger charge is 2.37. The van der Waals surface area contributed by atoms with E-state index in [1.165, 1.54) is 0 Å². The lowest BCUT2D eigenvalue weighted by molar-refractivity contribution is -0.132. The van der Waals surface area contributed by atoms with E-state index in [0.717, 1.165) is 64.6 Å². The van der Waals surface area contributed by atoms with Gasteiger partial charge in [-0.3, -0.25) is 4.79 Å². The molecule has 4 heteroatoms. The van der Waals surface area contributed by atoms with Crippen LogP contribution < -0.4 is 10.6 Å². The van der Waals surface area contributed by atoms with Crippen LogP contribution in [0.25, 0.3) is 0 Å². The largest absolute Gasteiger partial charge is 0.396 e. The van der Waals surface area contributed by atoms with Crippen LogP contribution in [-0.2, 0) is 4.79 Å². The van der Waals surface area contributed by atoms with Crippen molar-refractivity contribution in [1.29, 1.82) is 0 Å². The first-order valence-electron chi connectivity index (χ1n) is 7.35. The Labute approximate surface area is 111 Å². The fourth-order valence-electron chi connectivity index (χ4n) is 2.63. The van der Waals surface area contributed by atoms with Crippen molar-refractivity contribution in [2.75, 3.05) is 26.2 Å². The Hall–Kier alpha value is -0.610. The monoisotopic (exact) mass is 256 g/mol. The van der Waals surface area contributed by atoms with E-state index in [1.54, 1.807) is 0 Å². The zero-order chi connectivity index (χ0) is 13.3. The molecule has 1 fully saturated rings. The lowest BCUT2D eigenvalue weighted by Crippen LogP contribution is -2.47. The Balaban J connectivity index is 2.21. The van der Waals surface area contributed by atoms with E-state index in [1.807, 2.05) is 0 Å². The Morgan fingerprint density at radius 1 is 1.22 bits per heavy atom. The SMILES string of the molecule is CCC1(C(=O)NCCCCCCO)CCNCC1. The zero-order valence-corrected chi connectivity index (χ0v) is 11.6. The molecular weight excluding hydrogens is 228 g/mol. The molecule has 1 aliphatic heterocycles. The van der Waals surface area contributed by atoms with Gasteiger partial charge < -0.3 is 15.7 Å². The van der Waals surface area contributed by atoms with Gasteiger partial charge in [-0.1, -0.05) is 19.8 Å². The summed E-state index contributed by atoms with van der Waals surface area (Å²) < 4.78 is 0. The van der Waals surface area contributed by atoms with Gasteiger partial charge in [-0.15, -0.1) is 0 Å². The molecule has 106 valence electrons. The minimum atomic E-state index is -0.129. The molecule has 0 saturated carbocycles. The molecule has 0 spiro atoms. The number of amides is 1. The molecule has 0 bridgehead atoms. The summed E-state index contributed by atoms with van der Waals surface area (Å²) in [5.74, 6) is 0.244. The van der Waals surface area contributed by atoms with Gasteiger partial charge in [-0.2, -0.15) is 0 Å². The van der Waals surface area contributed by atoms with Gasteiger partial charge in [0, 0.05) is 13.2 Å². The van der Waals surface area contributed by atoms with Gasteiger partial charge in [0.2, 0.25) is 5.91 Å². The number of nitrogens with one attached hydrogen (secondary N) is 2. The van der Waals surface area contributed by atoms with Crippen LogP contribution in [0.4, 0.5) is 0 Å². The second-order valence-corrected chi connectivity index (χ2v) is 5.28. The fourth-order valence-corrected chi connectivity index (χ4v) is 2.63. The van der Waals surface area contributed by atoms with Crippen molar-refractivity contribution >= 4 is 5.91 Å². The van der Waals surface area contributed by atoms with Crippen molar-refractivity contribution in [3.05, 3.63) is 0 Å². The topological polar surface area (TPSA) is 61.4 Å². The summed E-state index contributed by atoms with van der Waals surface area (Å²) in [6.07, 6.45) is 6.88. The summed E-state index contributed by atoms with van der Waals surface area (Å²) >= 11 is 0. The van der Waals surface area contributed by atoms with Crippen LogP contribution in [0.2, 0.25) is 0 Å². The van der Waals surface area contributed by atoms with Crippen molar-refractivity contribution in [1.82, 2.24) is 10.6 Å². The Morgan fingerprint density at radius 2 is 1.89 bits per heavy atom. The molecule has 1 saturated heterocycles. The van der Waals surface area contributed by atoms with Crippen LogP contribution in [0.15, 0.2) is 0 Å². The molecule has 1 aliphatic rings. The first kappa shape index (κ1) is 15.4. The lowest BCUT2D eigenvalue weighted by Gasteiger charge is -2.35. The highest BCUT2D eigenvalue weighted by Crippen LogP contribution is 2.32. The molecule has 0 atom stereocenters. The van der Waals surface area contributed by atoms with Crippen LogP contribution in [0.1, 0.15) is 51.9 Å². The molecule has 0 aliphatic carbocycles. The number of aliphatic hydroxyl groups excluding tert-OH is 1. The second kappa shape index (κ2) is 8.48. The third kappa shape index (κ3) is 4.58. The number of hydrogen-bond donors (Lipinski definition) is 3. The van der Waals surface area contributed by atoms with E-state index in [2.05, 4.69) is 17.6 Å². The van der Waals surface area contributed by atoms with Crippen molar-refractivity contribution in [3.63, 3.8) is 0 Å². The first-order valence-corrected chi connectivity index (χ1v) is 7.35. The fraction of sp³-hybridized carbons (Fsp3) is 0.929. The predicted molar refractivity (Wildman–Crippen MR) is 73.4 cm³/mol. The van der Waals surface area contributed by atoms with E-state index in [9.17, 15) is 4.79 Å². The Bertz CT molecular complexity index is 238. The van der Waals surface area contributed by atoms with Gasteiger partial charge in [0.25, 0.3) is 0 Å². The second-order valence-electron chi connectivity index (χ2n) is 5.28. The maximum absolute atomic E-state index is 12.3. The summed E-state index contributed by atoms with van der Waals surface area (Å²) in [6.45, 7) is 5.08. The lowest BCUT2D eigenvalue weighted by atomic mass is 9.76. The molecule has 18 heavy (non-hydrogen) atoms. The van der Waals surface area contributed by atoms with Gasteiger partial charge in [0.15, 0.2) is 0 Å². The van der Waals surface area contributed by atoms with Gasteiger partial charge in [-0.25, -0.2) is 0 Å². The molecule has 0 aromatic carbocycles. The summed E-state index contributed by atoms with van der Waals surface area (Å²) in [6, 6.07) is 0. The predicted octanol–water partition coefficient (Wildman–Crippen LogP) is 1.44. The van der Waals surface area contributed by atoms with Crippen molar-refractivity contribution in [3.8, 4) is 0 Å². The molecule has 0 aromatic heterocycles. The summed E-state index contributed by atoms with van der Waals surface area (Å²) in [5.41, 5.74) is -0.129. The van der Waals surface area contributed by atoms with E-state index in [0.29, 0.717) is 0 Å². The van der Waals surface area contributed by atoms with Crippen molar-refractivity contribution < 1.29 is 9.90 Å². The van der Waals surface area contributed by atoms with Crippen LogP contribution in [0, 0.1) is 5.41 Å². The smallest absolute Gasteiger partial charge is 0.226 e. The molecule has 1 rings (SSSR count). The summed E-state index contributed by atoms with van der Waals surface area (Å²) in [4.78, 5) is 12.3. The maximum Gasteiger partial charge on any atom is 0.226 e. The van der Waals surface area contributed by atoms with Crippen molar-refractivity contribution in [2.45, 2.75) is 51.9 Å². The van der Waals surface area contributed by atoms with E-state index < -0.39 is 0 Å². The molecule has 0 radical (unpaired) electrons. The number of piperidine rings is 1. The number of carbonyl (C=O) groups excluding carboxylic acids is 1. The van der Waals surface area contributed by atoms with Crippen LogP contribution in [0.3, 0.4) is 0 Å². The highest BCUT2D eigenvalue weighted by atomic mass is 16.2. The minimum absolute atomic E-state index is 0.129. The van der Waals surface area contributed by atoms with Gasteiger partial charge in [-0.05, 0) is 45.2 Å². The standard InChI is InChI=1S/C14H28N2O2/c1-2-14(7-10-15-11-8-14)13(18)16-9-5-3-4-6-12-17/h15,17H,2-12H2,1H3,(H,16,18). The van der Waals surface area contributed by atoms with E-state index >= 15 is 0 Å². The molecule has 0 aromatic rings. The third-order valence-corrected chi connectivity index (χ3v) is 4.09. The zero-order valence-electron chi connectivity index (χ0n) is 11.6. The Kier molecular flexibility index (Phi) is 7.28. The van der Waals surface area contributed by atoms with Crippen LogP contribution >= 0.6 is 0 Å². The molecule has 3 N–H and O–H groups in total. The number of carbonyl (C=O) groups is 1. The normalized spacial score (nSPS) is 18.6. The highest BCUT2D eigenvalue weighted by molar-refractivity contribution is 5.82. The van der Waals surface area contributed by atoms with E-state index in [4.69, 9.17) is 5.11 Å².